The van der Waals surface area contributed by atoms with Crippen molar-refractivity contribution in [3.63, 3.8) is 0 Å². The van der Waals surface area contributed by atoms with Gasteiger partial charge in [0.25, 0.3) is 0 Å². The van der Waals surface area contributed by atoms with Crippen molar-refractivity contribution in [3.8, 4) is 0 Å². The SMILES string of the molecule is C=CNC1=C(CCC2CCN(C)CC2)CC=CCC(N/C(C=C)=C/c2[nH]cc(C3CCN(C)CC3)c2CC)=C1. The third-order valence-electron chi connectivity index (χ3n) is 8.91. The Morgan fingerprint density at radius 2 is 1.72 bits per heavy atom. The van der Waals surface area contributed by atoms with E-state index in [2.05, 4.69) is 90.1 Å². The van der Waals surface area contributed by atoms with E-state index in [0.717, 1.165) is 37.3 Å². The quantitative estimate of drug-likeness (QED) is 0.217. The van der Waals surface area contributed by atoms with Gasteiger partial charge in [0.05, 0.1) is 0 Å². The summed E-state index contributed by atoms with van der Waals surface area (Å²) in [7, 11) is 4.47. The zero-order chi connectivity index (χ0) is 27.6. The van der Waals surface area contributed by atoms with Gasteiger partial charge in [-0.1, -0.05) is 32.2 Å². The average Bonchev–Trinajstić information content (AvgIpc) is 3.34. The Morgan fingerprint density at radius 1 is 1.03 bits per heavy atom. The summed E-state index contributed by atoms with van der Waals surface area (Å²) in [6, 6.07) is 0. The molecule has 0 amide bonds. The first-order valence-corrected chi connectivity index (χ1v) is 15.1. The van der Waals surface area contributed by atoms with Crippen LogP contribution in [0.4, 0.5) is 0 Å². The molecule has 3 aliphatic rings. The molecule has 39 heavy (non-hydrogen) atoms. The number of aromatic amines is 1. The molecule has 0 saturated carbocycles. The number of rotatable bonds is 11. The van der Waals surface area contributed by atoms with Gasteiger partial charge in [-0.2, -0.15) is 0 Å². The predicted molar refractivity (Wildman–Crippen MR) is 167 cm³/mol. The van der Waals surface area contributed by atoms with E-state index >= 15 is 0 Å². The molecule has 0 unspecified atom stereocenters. The lowest BCUT2D eigenvalue weighted by Gasteiger charge is -2.29. The summed E-state index contributed by atoms with van der Waals surface area (Å²) in [5.41, 5.74) is 8.99. The fourth-order valence-corrected chi connectivity index (χ4v) is 6.37. The molecule has 5 heteroatoms. The van der Waals surface area contributed by atoms with Crippen LogP contribution in [0.25, 0.3) is 6.08 Å². The first-order valence-electron chi connectivity index (χ1n) is 15.1. The van der Waals surface area contributed by atoms with Crippen LogP contribution in [0.2, 0.25) is 0 Å². The van der Waals surface area contributed by atoms with Gasteiger partial charge in [0.1, 0.15) is 0 Å². The lowest BCUT2D eigenvalue weighted by Crippen LogP contribution is -2.30. The minimum Gasteiger partial charge on any atom is -0.362 e. The van der Waals surface area contributed by atoms with Gasteiger partial charge < -0.3 is 25.4 Å². The van der Waals surface area contributed by atoms with Crippen LogP contribution in [-0.4, -0.2) is 55.1 Å². The Morgan fingerprint density at radius 3 is 2.38 bits per heavy atom. The van der Waals surface area contributed by atoms with E-state index in [1.165, 1.54) is 92.1 Å². The van der Waals surface area contributed by atoms with Crippen LogP contribution in [0, 0.1) is 5.92 Å². The lowest BCUT2D eigenvalue weighted by atomic mass is 9.87. The molecule has 4 rings (SSSR count). The maximum absolute atomic E-state index is 4.14. The van der Waals surface area contributed by atoms with Crippen LogP contribution in [0.3, 0.4) is 0 Å². The van der Waals surface area contributed by atoms with Crippen LogP contribution < -0.4 is 10.6 Å². The predicted octanol–water partition coefficient (Wildman–Crippen LogP) is 6.85. The molecule has 0 aromatic carbocycles. The molecular weight excluding hydrogens is 478 g/mol. The number of hydrogen-bond donors (Lipinski definition) is 3. The first-order chi connectivity index (χ1) is 19.0. The van der Waals surface area contributed by atoms with Crippen molar-refractivity contribution in [2.75, 3.05) is 40.3 Å². The second-order valence-corrected chi connectivity index (χ2v) is 11.7. The third-order valence-corrected chi connectivity index (χ3v) is 8.91. The van der Waals surface area contributed by atoms with Crippen LogP contribution in [0.5, 0.6) is 0 Å². The van der Waals surface area contributed by atoms with Gasteiger partial charge in [0, 0.05) is 35.4 Å². The van der Waals surface area contributed by atoms with Crippen LogP contribution in [0.1, 0.15) is 81.0 Å². The summed E-state index contributed by atoms with van der Waals surface area (Å²) in [4.78, 5) is 8.49. The molecule has 5 nitrogen and oxygen atoms in total. The summed E-state index contributed by atoms with van der Waals surface area (Å²) in [6.07, 6.45) is 25.5. The van der Waals surface area contributed by atoms with Crippen molar-refractivity contribution in [1.29, 1.82) is 0 Å². The number of likely N-dealkylation sites (tertiary alicyclic amines) is 2. The summed E-state index contributed by atoms with van der Waals surface area (Å²) in [5, 5.41) is 7.16. The molecule has 2 fully saturated rings. The fourth-order valence-electron chi connectivity index (χ4n) is 6.37. The Hall–Kier alpha value is -2.76. The molecule has 0 radical (unpaired) electrons. The van der Waals surface area contributed by atoms with E-state index in [4.69, 9.17) is 0 Å². The van der Waals surface area contributed by atoms with Gasteiger partial charge in [0.15, 0.2) is 0 Å². The molecule has 0 spiro atoms. The zero-order valence-corrected chi connectivity index (χ0v) is 24.7. The molecule has 212 valence electrons. The minimum absolute atomic E-state index is 0.652. The maximum Gasteiger partial charge on any atom is 0.0436 e. The molecular formula is C34H51N5. The van der Waals surface area contributed by atoms with Gasteiger partial charge in [0.2, 0.25) is 0 Å². The molecule has 0 atom stereocenters. The summed E-state index contributed by atoms with van der Waals surface area (Å²) in [6.45, 7) is 15.2. The summed E-state index contributed by atoms with van der Waals surface area (Å²) < 4.78 is 0. The van der Waals surface area contributed by atoms with Crippen LogP contribution in [-0.2, 0) is 6.42 Å². The van der Waals surface area contributed by atoms with Gasteiger partial charge in [-0.15, -0.1) is 0 Å². The summed E-state index contributed by atoms with van der Waals surface area (Å²) >= 11 is 0. The normalized spacial score (nSPS) is 20.9. The largest absolute Gasteiger partial charge is 0.362 e. The highest BCUT2D eigenvalue weighted by Gasteiger charge is 2.23. The number of aromatic nitrogens is 1. The highest BCUT2D eigenvalue weighted by Crippen LogP contribution is 2.33. The molecule has 2 saturated heterocycles. The Bertz CT molecular complexity index is 1080. The second-order valence-electron chi connectivity index (χ2n) is 11.7. The average molecular weight is 530 g/mol. The Balaban J connectivity index is 1.51. The number of H-pyrrole nitrogens is 1. The third kappa shape index (κ3) is 8.12. The number of nitrogens with zero attached hydrogens (tertiary/aromatic N) is 2. The first kappa shape index (κ1) is 29.2. The van der Waals surface area contributed by atoms with Crippen molar-refractivity contribution in [2.45, 2.75) is 70.6 Å². The van der Waals surface area contributed by atoms with Crippen molar-refractivity contribution < 1.29 is 0 Å². The maximum atomic E-state index is 4.14. The van der Waals surface area contributed by atoms with E-state index in [0.29, 0.717) is 5.92 Å². The monoisotopic (exact) mass is 529 g/mol. The molecule has 1 aliphatic carbocycles. The molecule has 1 aromatic rings. The van der Waals surface area contributed by atoms with Crippen molar-refractivity contribution >= 4 is 6.08 Å². The Kier molecular flexibility index (Phi) is 10.9. The molecule has 1 aromatic heterocycles. The molecule has 2 aliphatic heterocycles. The van der Waals surface area contributed by atoms with Crippen molar-refractivity contribution in [1.82, 2.24) is 25.4 Å². The van der Waals surface area contributed by atoms with Crippen LogP contribution in [0.15, 0.2) is 72.5 Å². The molecule has 3 heterocycles. The Labute approximate surface area is 237 Å². The van der Waals surface area contributed by atoms with Gasteiger partial charge >= 0.3 is 0 Å². The van der Waals surface area contributed by atoms with E-state index < -0.39 is 0 Å². The van der Waals surface area contributed by atoms with Gasteiger partial charge in [-0.3, -0.25) is 0 Å². The topological polar surface area (TPSA) is 46.3 Å². The van der Waals surface area contributed by atoms with E-state index in [-0.39, 0.29) is 0 Å². The zero-order valence-electron chi connectivity index (χ0n) is 24.7. The molecule has 3 N–H and O–H groups in total. The fraction of sp³-hybridized carbons (Fsp3) is 0.529. The highest BCUT2D eigenvalue weighted by atomic mass is 15.1. The van der Waals surface area contributed by atoms with E-state index in [1.54, 1.807) is 0 Å². The minimum atomic E-state index is 0.652. The summed E-state index contributed by atoms with van der Waals surface area (Å²) in [5.74, 6) is 1.48. The standard InChI is InChI=1S/C34H51N5/c1-6-29(23-34-31(7-2)32(25-36-34)27-17-21-39(5)22-18-27)37-30-12-10-9-11-28(33(24-30)35-8-3)14-13-26-15-19-38(4)20-16-26/h6,8-10,23-27,35-37H,1,3,7,11-22H2,2,4-5H3/b10-9?,29-23+,30-24?,33-28?. The van der Waals surface area contributed by atoms with Gasteiger partial charge in [-0.05, 0) is 145 Å². The van der Waals surface area contributed by atoms with Crippen molar-refractivity contribution in [3.05, 3.63) is 89.3 Å². The second kappa shape index (κ2) is 14.6. The number of allylic oxidation sites excluding steroid dienone is 5. The highest BCUT2D eigenvalue weighted by molar-refractivity contribution is 5.58. The van der Waals surface area contributed by atoms with Crippen molar-refractivity contribution in [2.24, 2.45) is 5.92 Å². The number of piperidine rings is 2. The van der Waals surface area contributed by atoms with E-state index in [1.807, 2.05) is 12.3 Å². The smallest absolute Gasteiger partial charge is 0.0436 e. The molecule has 0 bridgehead atoms. The lowest BCUT2D eigenvalue weighted by molar-refractivity contribution is 0.212. The van der Waals surface area contributed by atoms with Gasteiger partial charge in [-0.25, -0.2) is 0 Å². The van der Waals surface area contributed by atoms with Crippen LogP contribution >= 0.6 is 0 Å². The number of nitrogens with one attached hydrogen (secondary N) is 3. The van der Waals surface area contributed by atoms with E-state index in [9.17, 15) is 0 Å². The number of hydrogen-bond acceptors (Lipinski definition) is 4.